The van der Waals surface area contributed by atoms with Crippen LogP contribution in [-0.2, 0) is 16.0 Å². The Kier molecular flexibility index (Phi) is 13.7. The Bertz CT molecular complexity index is 864. The van der Waals surface area contributed by atoms with Gasteiger partial charge in [-0.2, -0.15) is 11.8 Å². The van der Waals surface area contributed by atoms with Crippen LogP contribution in [0.4, 0.5) is 10.5 Å². The number of rotatable bonds is 17. The van der Waals surface area contributed by atoms with E-state index in [-0.39, 0.29) is 6.03 Å². The van der Waals surface area contributed by atoms with Crippen molar-refractivity contribution in [2.24, 2.45) is 0 Å². The summed E-state index contributed by atoms with van der Waals surface area (Å²) in [6.45, 7) is 5.79. The number of carboxylic acids is 1. The number of ether oxygens (including phenoxy) is 2. The van der Waals surface area contributed by atoms with Crippen molar-refractivity contribution in [3.8, 4) is 5.75 Å². The maximum absolute atomic E-state index is 12.9. The maximum atomic E-state index is 12.9. The Morgan fingerprint density at radius 2 is 1.74 bits per heavy atom. The average Bonchev–Trinajstić information content (AvgIpc) is 2.86. The van der Waals surface area contributed by atoms with Crippen LogP contribution in [-0.4, -0.2) is 65.9 Å². The molecule has 2 aromatic carbocycles. The van der Waals surface area contributed by atoms with Crippen molar-refractivity contribution in [1.82, 2.24) is 4.90 Å². The van der Waals surface area contributed by atoms with Crippen molar-refractivity contribution < 1.29 is 24.2 Å². The van der Waals surface area contributed by atoms with Gasteiger partial charge in [-0.15, -0.1) is 0 Å². The molecular weight excluding hydrogens is 464 g/mol. The van der Waals surface area contributed by atoms with Crippen LogP contribution < -0.4 is 10.1 Å². The normalized spacial score (nSPS) is 11.6. The molecule has 35 heavy (non-hydrogen) atoms. The number of hydrogen-bond acceptors (Lipinski definition) is 5. The maximum Gasteiger partial charge on any atom is 0.333 e. The highest BCUT2D eigenvalue weighted by Crippen LogP contribution is 2.15. The van der Waals surface area contributed by atoms with E-state index in [1.54, 1.807) is 11.8 Å². The number of unbranched alkanes of at least 4 members (excludes halogenated alkanes) is 2. The van der Waals surface area contributed by atoms with E-state index < -0.39 is 12.1 Å². The monoisotopic (exact) mass is 502 g/mol. The molecule has 0 heterocycles. The molecule has 0 saturated carbocycles. The lowest BCUT2D eigenvalue weighted by molar-refractivity contribution is -0.149. The highest BCUT2D eigenvalue weighted by Gasteiger charge is 2.18. The first-order chi connectivity index (χ1) is 17.0. The van der Waals surface area contributed by atoms with Crippen LogP contribution in [0.3, 0.4) is 0 Å². The van der Waals surface area contributed by atoms with Gasteiger partial charge in [0.1, 0.15) is 12.4 Å². The van der Waals surface area contributed by atoms with Gasteiger partial charge in [-0.3, -0.25) is 0 Å². The van der Waals surface area contributed by atoms with Gasteiger partial charge in [-0.25, -0.2) is 9.59 Å². The van der Waals surface area contributed by atoms with Crippen molar-refractivity contribution in [3.63, 3.8) is 0 Å². The average molecular weight is 503 g/mol. The number of carbonyl (C=O) groups excluding carboxylic acids is 1. The smallest absolute Gasteiger partial charge is 0.333 e. The summed E-state index contributed by atoms with van der Waals surface area (Å²) >= 11 is 1.87. The van der Waals surface area contributed by atoms with Gasteiger partial charge in [-0.1, -0.05) is 50.1 Å². The van der Waals surface area contributed by atoms with E-state index in [9.17, 15) is 14.7 Å². The van der Waals surface area contributed by atoms with Crippen LogP contribution in [0.1, 0.15) is 38.7 Å². The number of aliphatic carboxylic acids is 1. The van der Waals surface area contributed by atoms with Gasteiger partial charge in [0.25, 0.3) is 0 Å². The Hall–Kier alpha value is -2.71. The summed E-state index contributed by atoms with van der Waals surface area (Å²) in [6, 6.07) is 16.6. The van der Waals surface area contributed by atoms with Gasteiger partial charge in [0.05, 0.1) is 6.54 Å². The number of amides is 2. The number of nitrogens with one attached hydrogen (secondary N) is 1. The van der Waals surface area contributed by atoms with Gasteiger partial charge < -0.3 is 24.8 Å². The molecule has 0 spiro atoms. The third-order valence-electron chi connectivity index (χ3n) is 5.33. The zero-order chi connectivity index (χ0) is 25.3. The first-order valence-corrected chi connectivity index (χ1v) is 13.4. The molecule has 0 aliphatic heterocycles. The van der Waals surface area contributed by atoms with E-state index in [0.29, 0.717) is 38.5 Å². The van der Waals surface area contributed by atoms with Gasteiger partial charge >= 0.3 is 12.0 Å². The fourth-order valence-corrected chi connectivity index (χ4v) is 4.36. The largest absolute Gasteiger partial charge is 0.492 e. The van der Waals surface area contributed by atoms with Gasteiger partial charge in [0.15, 0.2) is 6.10 Å². The lowest BCUT2D eigenvalue weighted by Gasteiger charge is -2.23. The lowest BCUT2D eigenvalue weighted by atomic mass is 10.1. The second-order valence-electron chi connectivity index (χ2n) is 8.08. The molecule has 2 N–H and O–H groups in total. The van der Waals surface area contributed by atoms with Crippen LogP contribution in [0.5, 0.6) is 5.75 Å². The van der Waals surface area contributed by atoms with E-state index in [1.807, 2.05) is 66.4 Å². The number of thioether (sulfide) groups is 1. The van der Waals surface area contributed by atoms with Crippen molar-refractivity contribution in [3.05, 3.63) is 60.2 Å². The van der Waals surface area contributed by atoms with E-state index >= 15 is 0 Å². The van der Waals surface area contributed by atoms with E-state index in [0.717, 1.165) is 22.8 Å². The molecule has 2 aromatic rings. The zero-order valence-corrected chi connectivity index (χ0v) is 21.6. The number of para-hydroxylation sites is 1. The molecule has 2 rings (SSSR count). The fraction of sp³-hybridized carbons (Fsp3) is 0.481. The summed E-state index contributed by atoms with van der Waals surface area (Å²) in [7, 11) is 0. The number of benzene rings is 2. The number of nitrogens with zero attached hydrogens (tertiary/aromatic N) is 1. The number of carboxylic acid groups (broad SMARTS) is 1. The molecule has 192 valence electrons. The molecule has 0 aliphatic carbocycles. The molecule has 7 nitrogen and oxygen atoms in total. The Morgan fingerprint density at radius 3 is 2.40 bits per heavy atom. The predicted octanol–water partition coefficient (Wildman–Crippen LogP) is 5.56. The molecular formula is C27H38N2O5S. The topological polar surface area (TPSA) is 88.1 Å². The molecule has 2 amide bonds. The molecule has 0 aromatic heterocycles. The van der Waals surface area contributed by atoms with E-state index in [2.05, 4.69) is 12.2 Å². The van der Waals surface area contributed by atoms with Crippen molar-refractivity contribution in [2.45, 2.75) is 45.6 Å². The van der Waals surface area contributed by atoms with E-state index in [1.165, 1.54) is 19.3 Å². The van der Waals surface area contributed by atoms with Crippen LogP contribution in [0.25, 0.3) is 0 Å². The third-order valence-corrected chi connectivity index (χ3v) is 6.38. The van der Waals surface area contributed by atoms with Gasteiger partial charge in [-0.05, 0) is 48.9 Å². The first kappa shape index (κ1) is 28.5. The van der Waals surface area contributed by atoms with Crippen LogP contribution in [0.15, 0.2) is 54.6 Å². The minimum absolute atomic E-state index is 0.139. The summed E-state index contributed by atoms with van der Waals surface area (Å²) in [5.41, 5.74) is 1.63. The van der Waals surface area contributed by atoms with Crippen LogP contribution >= 0.6 is 11.8 Å². The minimum Gasteiger partial charge on any atom is -0.492 e. The quantitative estimate of drug-likeness (QED) is 0.276. The summed E-state index contributed by atoms with van der Waals surface area (Å²) in [6.07, 6.45) is 3.09. The van der Waals surface area contributed by atoms with Crippen LogP contribution in [0, 0.1) is 0 Å². The lowest BCUT2D eigenvalue weighted by Crippen LogP contribution is -2.39. The fourth-order valence-electron chi connectivity index (χ4n) is 3.40. The molecule has 8 heteroatoms. The molecule has 0 bridgehead atoms. The summed E-state index contributed by atoms with van der Waals surface area (Å²) in [5, 5.41) is 12.2. The van der Waals surface area contributed by atoms with Gasteiger partial charge in [0.2, 0.25) is 0 Å². The summed E-state index contributed by atoms with van der Waals surface area (Å²) in [4.78, 5) is 25.9. The van der Waals surface area contributed by atoms with E-state index in [4.69, 9.17) is 9.47 Å². The van der Waals surface area contributed by atoms with Crippen molar-refractivity contribution in [1.29, 1.82) is 0 Å². The Balaban J connectivity index is 1.86. The highest BCUT2D eigenvalue weighted by atomic mass is 32.2. The predicted molar refractivity (Wildman–Crippen MR) is 143 cm³/mol. The second-order valence-corrected chi connectivity index (χ2v) is 9.31. The standard InChI is InChI=1S/C27H38N2O5S/c1-3-5-9-19-35-20-17-29(27(32)28-23-10-7-6-8-11-23)16-18-34-24-14-12-22(13-15-24)21-25(26(30)31)33-4-2/h6-8,10-15,25H,3-5,9,16-21H2,1-2H3,(H,28,32)(H,30,31). The molecule has 0 fully saturated rings. The minimum atomic E-state index is -0.968. The molecule has 1 atom stereocenters. The second kappa shape index (κ2) is 16.8. The number of urea groups is 1. The Morgan fingerprint density at radius 1 is 1.00 bits per heavy atom. The Labute approximate surface area is 213 Å². The molecule has 1 unspecified atom stereocenters. The van der Waals surface area contributed by atoms with Crippen molar-refractivity contribution >= 4 is 29.4 Å². The van der Waals surface area contributed by atoms with Crippen LogP contribution in [0.2, 0.25) is 0 Å². The summed E-state index contributed by atoms with van der Waals surface area (Å²) in [5.74, 6) is 1.70. The van der Waals surface area contributed by atoms with Crippen molar-refractivity contribution in [2.75, 3.05) is 43.1 Å². The highest BCUT2D eigenvalue weighted by molar-refractivity contribution is 7.99. The summed E-state index contributed by atoms with van der Waals surface area (Å²) < 4.78 is 11.2. The molecule has 0 aliphatic rings. The zero-order valence-electron chi connectivity index (χ0n) is 20.8. The SMILES string of the molecule is CCCCCSCCN(CCOc1ccc(CC(OCC)C(=O)O)cc1)C(=O)Nc1ccccc1. The molecule has 0 saturated heterocycles. The number of anilines is 1. The first-order valence-electron chi connectivity index (χ1n) is 12.3. The molecule has 0 radical (unpaired) electrons. The van der Waals surface area contributed by atoms with Gasteiger partial charge in [0, 0.05) is 31.0 Å². The number of hydrogen-bond donors (Lipinski definition) is 2. The third kappa shape index (κ3) is 11.5. The number of carbonyl (C=O) groups is 2.